The van der Waals surface area contributed by atoms with Crippen molar-refractivity contribution in [1.29, 1.82) is 5.26 Å². The Hall–Kier alpha value is -1.42. The maximum Gasteiger partial charge on any atom is 0.244 e. The Bertz CT molecular complexity index is 553. The van der Waals surface area contributed by atoms with Crippen molar-refractivity contribution >= 4 is 17.2 Å². The predicted molar refractivity (Wildman–Crippen MR) is 81.8 cm³/mol. The van der Waals surface area contributed by atoms with E-state index in [0.29, 0.717) is 13.1 Å². The maximum atomic E-state index is 12.7. The molecule has 1 unspecified atom stereocenters. The van der Waals surface area contributed by atoms with Crippen molar-refractivity contribution in [2.45, 2.75) is 18.5 Å². The van der Waals surface area contributed by atoms with Gasteiger partial charge in [-0.3, -0.25) is 14.6 Å². The van der Waals surface area contributed by atoms with Crippen LogP contribution in [-0.2, 0) is 11.3 Å². The average Bonchev–Trinajstić information content (AvgIpc) is 3.12. The second kappa shape index (κ2) is 5.76. The fourth-order valence-corrected chi connectivity index (χ4v) is 4.13. The van der Waals surface area contributed by atoms with Crippen molar-refractivity contribution in [3.8, 4) is 6.07 Å². The first-order valence-electron chi connectivity index (χ1n) is 7.27. The molecule has 0 saturated carbocycles. The normalized spacial score (nSPS) is 27.4. The highest BCUT2D eigenvalue weighted by molar-refractivity contribution is 7.07. The summed E-state index contributed by atoms with van der Waals surface area (Å²) in [7, 11) is 1.87. The first-order valence-corrected chi connectivity index (χ1v) is 8.21. The zero-order chi connectivity index (χ0) is 14.9. The number of nitrogens with zero attached hydrogens (tertiary/aromatic N) is 4. The molecule has 0 bridgehead atoms. The van der Waals surface area contributed by atoms with Gasteiger partial charge in [-0.2, -0.15) is 16.6 Å². The summed E-state index contributed by atoms with van der Waals surface area (Å²) < 4.78 is 0. The molecule has 2 aliphatic heterocycles. The molecule has 112 valence electrons. The molecule has 1 amide bonds. The third-order valence-corrected chi connectivity index (χ3v) is 5.36. The number of piperazine rings is 1. The molecule has 6 heteroatoms. The smallest absolute Gasteiger partial charge is 0.244 e. The quantitative estimate of drug-likeness (QED) is 0.782. The van der Waals surface area contributed by atoms with Gasteiger partial charge >= 0.3 is 0 Å². The van der Waals surface area contributed by atoms with Crippen LogP contribution in [0.2, 0.25) is 0 Å². The zero-order valence-electron chi connectivity index (χ0n) is 12.3. The Balaban J connectivity index is 1.77. The monoisotopic (exact) mass is 304 g/mol. The van der Waals surface area contributed by atoms with Gasteiger partial charge in [0.1, 0.15) is 5.54 Å². The van der Waals surface area contributed by atoms with Gasteiger partial charge in [-0.25, -0.2) is 0 Å². The Kier molecular flexibility index (Phi) is 3.98. The van der Waals surface area contributed by atoms with Gasteiger partial charge in [0.05, 0.1) is 12.6 Å². The van der Waals surface area contributed by atoms with E-state index in [1.165, 1.54) is 5.56 Å². The van der Waals surface area contributed by atoms with Crippen LogP contribution in [0.4, 0.5) is 0 Å². The summed E-state index contributed by atoms with van der Waals surface area (Å²) in [6.07, 6.45) is 0.821. The van der Waals surface area contributed by atoms with Gasteiger partial charge in [0, 0.05) is 39.8 Å². The molecule has 3 rings (SSSR count). The number of carbonyl (C=O) groups is 1. The van der Waals surface area contributed by atoms with Crippen LogP contribution in [0.15, 0.2) is 16.8 Å². The summed E-state index contributed by atoms with van der Waals surface area (Å²) in [6.45, 7) is 4.38. The van der Waals surface area contributed by atoms with E-state index in [2.05, 4.69) is 32.7 Å². The molecule has 2 aliphatic rings. The minimum Gasteiger partial charge on any atom is -0.343 e. The van der Waals surface area contributed by atoms with E-state index >= 15 is 0 Å². The molecular formula is C15H20N4OS. The van der Waals surface area contributed by atoms with Gasteiger partial charge in [0.2, 0.25) is 5.91 Å². The number of thiophene rings is 1. The Labute approximate surface area is 129 Å². The summed E-state index contributed by atoms with van der Waals surface area (Å²) in [5, 5.41) is 13.3. The van der Waals surface area contributed by atoms with Gasteiger partial charge in [-0.15, -0.1) is 0 Å². The largest absolute Gasteiger partial charge is 0.343 e. The number of rotatable bonds is 3. The molecule has 2 saturated heterocycles. The van der Waals surface area contributed by atoms with Crippen molar-refractivity contribution in [3.63, 3.8) is 0 Å². The van der Waals surface area contributed by atoms with Crippen molar-refractivity contribution in [3.05, 3.63) is 22.4 Å². The van der Waals surface area contributed by atoms with Crippen LogP contribution in [0.3, 0.4) is 0 Å². The van der Waals surface area contributed by atoms with Gasteiger partial charge in [0.25, 0.3) is 0 Å². The SMILES string of the molecule is CN1CCN(CC#N)C2(CCN(Cc3ccsc3)C2)C1=O. The second-order valence-corrected chi connectivity index (χ2v) is 6.71. The van der Waals surface area contributed by atoms with E-state index < -0.39 is 5.54 Å². The first kappa shape index (κ1) is 14.5. The minimum atomic E-state index is -0.487. The standard InChI is InChI=1S/C15H20N4OS/c1-17-7-8-19(6-4-16)15(14(17)20)3-5-18(12-15)10-13-2-9-21-11-13/h2,9,11H,3,5-8,10,12H2,1H3. The topological polar surface area (TPSA) is 50.6 Å². The summed E-state index contributed by atoms with van der Waals surface area (Å²) in [6, 6.07) is 4.36. The van der Waals surface area contributed by atoms with E-state index in [1.807, 2.05) is 11.9 Å². The molecule has 1 spiro atoms. The molecule has 2 fully saturated rings. The van der Waals surface area contributed by atoms with Crippen LogP contribution in [0, 0.1) is 11.3 Å². The third kappa shape index (κ3) is 2.57. The Morgan fingerprint density at radius 2 is 2.29 bits per heavy atom. The van der Waals surface area contributed by atoms with Gasteiger partial charge in [0.15, 0.2) is 0 Å². The average molecular weight is 304 g/mol. The van der Waals surface area contributed by atoms with Crippen molar-refractivity contribution in [1.82, 2.24) is 14.7 Å². The lowest BCUT2D eigenvalue weighted by Crippen LogP contribution is -2.66. The lowest BCUT2D eigenvalue weighted by Gasteiger charge is -2.45. The highest BCUT2D eigenvalue weighted by Gasteiger charge is 2.52. The van der Waals surface area contributed by atoms with Gasteiger partial charge in [-0.05, 0) is 28.8 Å². The van der Waals surface area contributed by atoms with Crippen molar-refractivity contribution in [2.75, 3.05) is 39.8 Å². The maximum absolute atomic E-state index is 12.7. The summed E-state index contributed by atoms with van der Waals surface area (Å²) >= 11 is 1.70. The molecule has 21 heavy (non-hydrogen) atoms. The fourth-order valence-electron chi connectivity index (χ4n) is 3.47. The first-order chi connectivity index (χ1) is 10.2. The fraction of sp³-hybridized carbons (Fsp3) is 0.600. The van der Waals surface area contributed by atoms with E-state index in [-0.39, 0.29) is 5.91 Å². The predicted octanol–water partition coefficient (Wildman–Crippen LogP) is 0.990. The van der Waals surface area contributed by atoms with Crippen LogP contribution >= 0.6 is 11.3 Å². The van der Waals surface area contributed by atoms with Crippen LogP contribution in [-0.4, -0.2) is 65.9 Å². The van der Waals surface area contributed by atoms with Crippen molar-refractivity contribution in [2.24, 2.45) is 0 Å². The number of nitriles is 1. The second-order valence-electron chi connectivity index (χ2n) is 5.93. The number of likely N-dealkylation sites (tertiary alicyclic amines) is 1. The molecular weight excluding hydrogens is 284 g/mol. The van der Waals surface area contributed by atoms with Crippen molar-refractivity contribution < 1.29 is 4.79 Å². The molecule has 1 atom stereocenters. The third-order valence-electron chi connectivity index (χ3n) is 4.63. The lowest BCUT2D eigenvalue weighted by atomic mass is 9.91. The molecule has 0 N–H and O–H groups in total. The minimum absolute atomic E-state index is 0.178. The highest BCUT2D eigenvalue weighted by atomic mass is 32.1. The molecule has 0 aromatic carbocycles. The molecule has 0 aliphatic carbocycles. The lowest BCUT2D eigenvalue weighted by molar-refractivity contribution is -0.148. The molecule has 1 aromatic rings. The highest BCUT2D eigenvalue weighted by Crippen LogP contribution is 2.33. The van der Waals surface area contributed by atoms with Gasteiger partial charge < -0.3 is 4.90 Å². The summed E-state index contributed by atoms with van der Waals surface area (Å²) in [5.41, 5.74) is 0.819. The summed E-state index contributed by atoms with van der Waals surface area (Å²) in [4.78, 5) is 19.0. The number of amides is 1. The van der Waals surface area contributed by atoms with Crippen LogP contribution in [0.25, 0.3) is 0 Å². The van der Waals surface area contributed by atoms with Crippen LogP contribution < -0.4 is 0 Å². The van der Waals surface area contributed by atoms with E-state index in [1.54, 1.807) is 11.3 Å². The molecule has 0 radical (unpaired) electrons. The molecule has 5 nitrogen and oxygen atoms in total. The molecule has 3 heterocycles. The zero-order valence-corrected chi connectivity index (χ0v) is 13.1. The Morgan fingerprint density at radius 3 is 3.00 bits per heavy atom. The number of hydrogen-bond acceptors (Lipinski definition) is 5. The van der Waals surface area contributed by atoms with E-state index in [4.69, 9.17) is 5.26 Å². The summed E-state index contributed by atoms with van der Waals surface area (Å²) in [5.74, 6) is 0.178. The van der Waals surface area contributed by atoms with Gasteiger partial charge in [-0.1, -0.05) is 0 Å². The van der Waals surface area contributed by atoms with Crippen LogP contribution in [0.1, 0.15) is 12.0 Å². The molecule has 1 aromatic heterocycles. The number of likely N-dealkylation sites (N-methyl/N-ethyl adjacent to an activating group) is 1. The van der Waals surface area contributed by atoms with E-state index in [0.717, 1.165) is 32.6 Å². The van der Waals surface area contributed by atoms with E-state index in [9.17, 15) is 4.79 Å². The Morgan fingerprint density at radius 1 is 1.43 bits per heavy atom. The number of hydrogen-bond donors (Lipinski definition) is 0. The number of carbonyl (C=O) groups excluding carboxylic acids is 1. The van der Waals surface area contributed by atoms with Crippen LogP contribution in [0.5, 0.6) is 0 Å².